The number of hydrogen-bond acceptors (Lipinski definition) is 5. The quantitative estimate of drug-likeness (QED) is 0.586. The molecule has 2 aliphatic rings. The number of nitrogens with zero attached hydrogens (tertiary/aromatic N) is 4. The second-order valence-corrected chi connectivity index (χ2v) is 11.1. The number of anilines is 1. The molecule has 1 aromatic carbocycles. The maximum atomic E-state index is 13.5. The van der Waals surface area contributed by atoms with Crippen LogP contribution in [0.2, 0.25) is 5.02 Å². The Morgan fingerprint density at radius 3 is 2.27 bits per heavy atom. The van der Waals surface area contributed by atoms with Crippen LogP contribution in [-0.4, -0.2) is 70.5 Å². The van der Waals surface area contributed by atoms with E-state index < -0.39 is 29.2 Å². The molecule has 0 radical (unpaired) electrons. The number of halogens is 4. The normalized spacial score (nSPS) is 18.0. The summed E-state index contributed by atoms with van der Waals surface area (Å²) in [5.74, 6) is -1.68. The van der Waals surface area contributed by atoms with Crippen LogP contribution in [0.25, 0.3) is 0 Å². The van der Waals surface area contributed by atoms with Gasteiger partial charge in [-0.1, -0.05) is 25.4 Å². The first kappa shape index (κ1) is 29.4. The number of pyridine rings is 1. The fourth-order valence-electron chi connectivity index (χ4n) is 5.35. The third-order valence-corrected chi connectivity index (χ3v) is 7.82. The van der Waals surface area contributed by atoms with E-state index in [-0.39, 0.29) is 47.0 Å². The van der Waals surface area contributed by atoms with E-state index in [2.05, 4.69) is 5.32 Å². The van der Waals surface area contributed by atoms with Gasteiger partial charge in [-0.3, -0.25) is 19.2 Å². The summed E-state index contributed by atoms with van der Waals surface area (Å²) in [6, 6.07) is 4.67. The van der Waals surface area contributed by atoms with Gasteiger partial charge in [0.05, 0.1) is 17.9 Å². The molecule has 40 heavy (non-hydrogen) atoms. The lowest BCUT2D eigenvalue weighted by atomic mass is 9.85. The Morgan fingerprint density at radius 2 is 1.70 bits per heavy atom. The van der Waals surface area contributed by atoms with E-state index in [0.29, 0.717) is 31.3 Å². The lowest BCUT2D eigenvalue weighted by Crippen LogP contribution is -2.60. The van der Waals surface area contributed by atoms with Crippen molar-refractivity contribution >= 4 is 35.0 Å². The van der Waals surface area contributed by atoms with Crippen molar-refractivity contribution in [2.75, 3.05) is 31.7 Å². The van der Waals surface area contributed by atoms with Crippen LogP contribution in [0.1, 0.15) is 42.6 Å². The first-order valence-electron chi connectivity index (χ1n) is 12.8. The van der Waals surface area contributed by atoms with Crippen LogP contribution < -0.4 is 15.8 Å². The number of nitrogens with one attached hydrogen (secondary N) is 1. The number of likely N-dealkylation sites (N-methyl/N-ethyl adjacent to an activating group) is 1. The van der Waals surface area contributed by atoms with Crippen LogP contribution in [0.3, 0.4) is 0 Å². The molecule has 1 atom stereocenters. The summed E-state index contributed by atoms with van der Waals surface area (Å²) in [6.07, 6.45) is -2.36. The summed E-state index contributed by atoms with van der Waals surface area (Å²) in [6.45, 7) is 4.24. The number of hydrogen-bond donors (Lipinski definition) is 1. The Kier molecular flexibility index (Phi) is 7.94. The fourth-order valence-corrected chi connectivity index (χ4v) is 5.59. The molecule has 2 aliphatic heterocycles. The van der Waals surface area contributed by atoms with Crippen LogP contribution >= 0.6 is 11.6 Å². The van der Waals surface area contributed by atoms with E-state index in [1.54, 1.807) is 50.0 Å². The van der Waals surface area contributed by atoms with Crippen molar-refractivity contribution in [1.29, 1.82) is 0 Å². The SMILES string of the molecule is CC(C)C(NC(=O)c1cc(Cl)cc(C(F)(F)F)c1)C(=O)N1CCC2(CC1)C(=O)N(C)CN2c1ccc(=O)n(C)c1. The third-order valence-electron chi connectivity index (χ3n) is 7.61. The fraction of sp³-hybridized carbons (Fsp3) is 0.481. The largest absolute Gasteiger partial charge is 0.416 e. The minimum absolute atomic E-state index is 0.0800. The number of aromatic nitrogens is 1. The van der Waals surface area contributed by atoms with E-state index in [0.717, 1.165) is 12.1 Å². The van der Waals surface area contributed by atoms with Crippen LogP contribution in [0.4, 0.5) is 18.9 Å². The molecule has 1 unspecified atom stereocenters. The third kappa shape index (κ3) is 5.54. The number of amides is 3. The van der Waals surface area contributed by atoms with Crippen molar-refractivity contribution in [3.63, 3.8) is 0 Å². The molecule has 1 aromatic heterocycles. The summed E-state index contributed by atoms with van der Waals surface area (Å²) in [5.41, 5.74) is -1.72. The minimum atomic E-state index is -4.69. The van der Waals surface area contributed by atoms with Crippen molar-refractivity contribution in [2.24, 2.45) is 13.0 Å². The molecule has 2 aromatic rings. The van der Waals surface area contributed by atoms with Gasteiger partial charge in [0.15, 0.2) is 0 Å². The molecule has 0 aliphatic carbocycles. The average molecular weight is 582 g/mol. The van der Waals surface area contributed by atoms with Gasteiger partial charge in [-0.15, -0.1) is 0 Å². The molecular formula is C27H31ClF3N5O4. The number of aryl methyl sites for hydroxylation is 1. The minimum Gasteiger partial charge on any atom is -0.341 e. The average Bonchev–Trinajstić information content (AvgIpc) is 3.12. The number of alkyl halides is 3. The highest BCUT2D eigenvalue weighted by molar-refractivity contribution is 6.31. The molecule has 13 heteroatoms. The topological polar surface area (TPSA) is 95.0 Å². The van der Waals surface area contributed by atoms with E-state index in [4.69, 9.17) is 11.6 Å². The summed E-state index contributed by atoms with van der Waals surface area (Å²) in [4.78, 5) is 56.8. The zero-order valence-corrected chi connectivity index (χ0v) is 23.3. The van der Waals surface area contributed by atoms with Crippen LogP contribution in [0.15, 0.2) is 41.3 Å². The molecule has 0 saturated carbocycles. The van der Waals surface area contributed by atoms with Crippen molar-refractivity contribution in [3.05, 3.63) is 63.0 Å². The summed E-state index contributed by atoms with van der Waals surface area (Å²) in [7, 11) is 3.34. The molecular weight excluding hydrogens is 551 g/mol. The van der Waals surface area contributed by atoms with Gasteiger partial charge in [-0.05, 0) is 43.0 Å². The van der Waals surface area contributed by atoms with Crippen molar-refractivity contribution in [1.82, 2.24) is 19.7 Å². The smallest absolute Gasteiger partial charge is 0.341 e. The number of benzene rings is 1. The molecule has 3 amide bonds. The molecule has 1 N–H and O–H groups in total. The predicted molar refractivity (Wildman–Crippen MR) is 143 cm³/mol. The monoisotopic (exact) mass is 581 g/mol. The standard InChI is InChI=1S/C27H31ClF3N5O4/c1-16(2)22(32-23(38)17-11-18(27(29,30)31)13-19(28)12-17)24(39)35-9-7-26(8-10-35)25(40)34(4)15-36(26)20-5-6-21(37)33(3)14-20/h5-6,11-14,16,22H,7-10,15H2,1-4H3,(H,32,38). The Labute approximate surface area is 234 Å². The maximum absolute atomic E-state index is 13.5. The van der Waals surface area contributed by atoms with Crippen LogP contribution in [-0.2, 0) is 22.8 Å². The van der Waals surface area contributed by atoms with Gasteiger partial charge in [0, 0.05) is 50.0 Å². The lowest BCUT2D eigenvalue weighted by molar-refractivity contribution is -0.139. The van der Waals surface area contributed by atoms with Gasteiger partial charge in [0.2, 0.25) is 17.4 Å². The van der Waals surface area contributed by atoms with E-state index in [9.17, 15) is 32.3 Å². The van der Waals surface area contributed by atoms with Crippen molar-refractivity contribution < 1.29 is 27.6 Å². The zero-order valence-electron chi connectivity index (χ0n) is 22.6. The Hall–Kier alpha value is -3.54. The Morgan fingerprint density at radius 1 is 1.05 bits per heavy atom. The molecule has 2 saturated heterocycles. The van der Waals surface area contributed by atoms with Crippen LogP contribution in [0, 0.1) is 5.92 Å². The molecule has 216 valence electrons. The molecule has 3 heterocycles. The summed E-state index contributed by atoms with van der Waals surface area (Å²) >= 11 is 5.83. The first-order valence-corrected chi connectivity index (χ1v) is 13.2. The van der Waals surface area contributed by atoms with Crippen LogP contribution in [0.5, 0.6) is 0 Å². The molecule has 4 rings (SSSR count). The number of piperidine rings is 1. The maximum Gasteiger partial charge on any atom is 0.416 e. The van der Waals surface area contributed by atoms with Gasteiger partial charge in [0.25, 0.3) is 5.91 Å². The van der Waals surface area contributed by atoms with Gasteiger partial charge < -0.3 is 24.6 Å². The molecule has 0 bridgehead atoms. The number of carbonyl (C=O) groups is 3. The number of likely N-dealkylation sites (tertiary alicyclic amines) is 1. The first-order chi connectivity index (χ1) is 18.6. The van der Waals surface area contributed by atoms with Crippen molar-refractivity contribution in [2.45, 2.75) is 44.4 Å². The molecule has 1 spiro atoms. The number of rotatable bonds is 5. The highest BCUT2D eigenvalue weighted by atomic mass is 35.5. The Bertz CT molecular complexity index is 1380. The predicted octanol–water partition coefficient (Wildman–Crippen LogP) is 3.11. The molecule has 9 nitrogen and oxygen atoms in total. The van der Waals surface area contributed by atoms with E-state index in [1.807, 2.05) is 4.90 Å². The zero-order chi connectivity index (χ0) is 29.6. The number of carbonyl (C=O) groups excluding carboxylic acids is 3. The summed E-state index contributed by atoms with van der Waals surface area (Å²) < 4.78 is 41.1. The second kappa shape index (κ2) is 10.8. The van der Waals surface area contributed by atoms with Gasteiger partial charge in [0.1, 0.15) is 11.6 Å². The lowest BCUT2D eigenvalue weighted by Gasteiger charge is -2.44. The Balaban J connectivity index is 1.51. The van der Waals surface area contributed by atoms with Gasteiger partial charge in [-0.2, -0.15) is 13.2 Å². The van der Waals surface area contributed by atoms with E-state index in [1.165, 1.54) is 10.6 Å². The highest BCUT2D eigenvalue weighted by Crippen LogP contribution is 2.39. The van der Waals surface area contributed by atoms with Gasteiger partial charge >= 0.3 is 6.18 Å². The highest BCUT2D eigenvalue weighted by Gasteiger charge is 2.53. The molecule has 2 fully saturated rings. The summed E-state index contributed by atoms with van der Waals surface area (Å²) in [5, 5.41) is 2.34. The van der Waals surface area contributed by atoms with Gasteiger partial charge in [-0.25, -0.2) is 0 Å². The van der Waals surface area contributed by atoms with E-state index >= 15 is 0 Å². The second-order valence-electron chi connectivity index (χ2n) is 10.7. The van der Waals surface area contributed by atoms with Crippen molar-refractivity contribution in [3.8, 4) is 0 Å².